The van der Waals surface area contributed by atoms with Crippen molar-refractivity contribution in [1.29, 1.82) is 5.26 Å². The molecule has 1 unspecified atom stereocenters. The average molecular weight is 258 g/mol. The molecule has 2 aromatic rings. The summed E-state index contributed by atoms with van der Waals surface area (Å²) in [5.41, 5.74) is 0.983. The van der Waals surface area contributed by atoms with E-state index in [2.05, 4.69) is 17.2 Å². The lowest BCUT2D eigenvalue weighted by atomic mass is 10.1. The van der Waals surface area contributed by atoms with E-state index in [0.717, 1.165) is 12.1 Å². The van der Waals surface area contributed by atoms with Crippen LogP contribution in [0.1, 0.15) is 18.1 Å². The quantitative estimate of drug-likeness (QED) is 0.893. The summed E-state index contributed by atoms with van der Waals surface area (Å²) in [4.78, 5) is 3.98. The number of nitrogens with zero attached hydrogens (tertiary/aromatic N) is 3. The molecule has 0 bridgehead atoms. The number of benzene rings is 1. The van der Waals surface area contributed by atoms with Gasteiger partial charge in [0, 0.05) is 31.5 Å². The highest BCUT2D eigenvalue weighted by molar-refractivity contribution is 5.34. The van der Waals surface area contributed by atoms with Gasteiger partial charge in [-0.3, -0.25) is 0 Å². The van der Waals surface area contributed by atoms with Gasteiger partial charge in [0.1, 0.15) is 11.9 Å². The van der Waals surface area contributed by atoms with Crippen LogP contribution in [-0.4, -0.2) is 15.6 Å². The Balaban J connectivity index is 1.90. The van der Waals surface area contributed by atoms with Crippen molar-refractivity contribution in [3.8, 4) is 6.07 Å². The third-order valence-electron chi connectivity index (χ3n) is 2.85. The molecule has 1 aromatic carbocycles. The summed E-state index contributed by atoms with van der Waals surface area (Å²) in [6.45, 7) is 3.48. The topological polar surface area (TPSA) is 53.6 Å². The molecule has 0 fully saturated rings. The molecule has 5 heteroatoms. The second kappa shape index (κ2) is 6.12. The van der Waals surface area contributed by atoms with Gasteiger partial charge < -0.3 is 9.88 Å². The van der Waals surface area contributed by atoms with E-state index in [-0.39, 0.29) is 11.6 Å². The van der Waals surface area contributed by atoms with Crippen molar-refractivity contribution < 1.29 is 4.39 Å². The van der Waals surface area contributed by atoms with E-state index in [1.54, 1.807) is 24.7 Å². The summed E-state index contributed by atoms with van der Waals surface area (Å²) in [6.07, 6.45) is 5.42. The normalized spacial score (nSPS) is 12.1. The van der Waals surface area contributed by atoms with E-state index in [0.29, 0.717) is 6.54 Å². The molecule has 0 aliphatic rings. The zero-order chi connectivity index (χ0) is 13.7. The van der Waals surface area contributed by atoms with Gasteiger partial charge in [-0.1, -0.05) is 6.07 Å². The molecule has 0 aliphatic heterocycles. The molecule has 0 saturated carbocycles. The minimum Gasteiger partial charge on any atom is -0.336 e. The van der Waals surface area contributed by atoms with Crippen molar-refractivity contribution >= 4 is 0 Å². The number of halogens is 1. The highest BCUT2D eigenvalue weighted by atomic mass is 19.1. The molecule has 0 aliphatic carbocycles. The lowest BCUT2D eigenvalue weighted by Gasteiger charge is -2.14. The van der Waals surface area contributed by atoms with Crippen LogP contribution in [0.4, 0.5) is 4.39 Å². The fraction of sp³-hybridized carbons (Fsp3) is 0.286. The van der Waals surface area contributed by atoms with Crippen molar-refractivity contribution in [3.63, 3.8) is 0 Å². The van der Waals surface area contributed by atoms with Crippen LogP contribution in [0.2, 0.25) is 0 Å². The van der Waals surface area contributed by atoms with Crippen molar-refractivity contribution in [2.75, 3.05) is 0 Å². The fourth-order valence-corrected chi connectivity index (χ4v) is 1.84. The molecule has 1 atom stereocenters. The molecule has 2 rings (SSSR count). The van der Waals surface area contributed by atoms with Gasteiger partial charge in [-0.25, -0.2) is 9.37 Å². The number of imidazole rings is 1. The first kappa shape index (κ1) is 13.2. The van der Waals surface area contributed by atoms with Gasteiger partial charge in [-0.2, -0.15) is 5.26 Å². The molecule has 1 N–H and O–H groups in total. The summed E-state index contributed by atoms with van der Waals surface area (Å²) < 4.78 is 15.2. The Kier molecular flexibility index (Phi) is 4.26. The first-order chi connectivity index (χ1) is 9.19. The molecule has 1 heterocycles. The molecule has 98 valence electrons. The second-order valence-electron chi connectivity index (χ2n) is 4.47. The van der Waals surface area contributed by atoms with Crippen LogP contribution < -0.4 is 5.32 Å². The highest BCUT2D eigenvalue weighted by Crippen LogP contribution is 2.09. The summed E-state index contributed by atoms with van der Waals surface area (Å²) in [5.74, 6) is -0.474. The van der Waals surface area contributed by atoms with E-state index in [9.17, 15) is 4.39 Å². The Morgan fingerprint density at radius 3 is 3.05 bits per heavy atom. The maximum atomic E-state index is 13.2. The van der Waals surface area contributed by atoms with Crippen molar-refractivity contribution in [2.45, 2.75) is 26.1 Å². The third-order valence-corrected chi connectivity index (χ3v) is 2.85. The van der Waals surface area contributed by atoms with E-state index in [1.807, 2.05) is 16.8 Å². The van der Waals surface area contributed by atoms with Crippen LogP contribution in [0.3, 0.4) is 0 Å². The maximum Gasteiger partial charge on any atom is 0.140 e. The Morgan fingerprint density at radius 2 is 2.37 bits per heavy atom. The maximum absolute atomic E-state index is 13.2. The van der Waals surface area contributed by atoms with Crippen LogP contribution in [0.25, 0.3) is 0 Å². The van der Waals surface area contributed by atoms with Crippen LogP contribution in [0.15, 0.2) is 36.9 Å². The smallest absolute Gasteiger partial charge is 0.140 e. The second-order valence-corrected chi connectivity index (χ2v) is 4.47. The van der Waals surface area contributed by atoms with Crippen LogP contribution in [0, 0.1) is 17.1 Å². The van der Waals surface area contributed by atoms with Gasteiger partial charge in [0.25, 0.3) is 0 Å². The lowest BCUT2D eigenvalue weighted by Crippen LogP contribution is -2.29. The Bertz CT molecular complexity index is 572. The molecule has 0 amide bonds. The zero-order valence-electron chi connectivity index (χ0n) is 10.7. The van der Waals surface area contributed by atoms with Crippen LogP contribution in [0.5, 0.6) is 0 Å². The minimum absolute atomic E-state index is 0.0848. The van der Waals surface area contributed by atoms with Gasteiger partial charge >= 0.3 is 0 Å². The molecular formula is C14H15FN4. The first-order valence-corrected chi connectivity index (χ1v) is 6.06. The molecule has 4 nitrogen and oxygen atoms in total. The van der Waals surface area contributed by atoms with Crippen molar-refractivity contribution in [1.82, 2.24) is 14.9 Å². The summed E-state index contributed by atoms with van der Waals surface area (Å²) >= 11 is 0. The van der Waals surface area contributed by atoms with Crippen molar-refractivity contribution in [2.24, 2.45) is 0 Å². The number of hydrogen-bond donors (Lipinski definition) is 1. The molecule has 19 heavy (non-hydrogen) atoms. The van der Waals surface area contributed by atoms with Crippen LogP contribution in [-0.2, 0) is 13.1 Å². The third kappa shape index (κ3) is 3.63. The minimum atomic E-state index is -0.474. The van der Waals surface area contributed by atoms with Gasteiger partial charge in [-0.15, -0.1) is 0 Å². The zero-order valence-corrected chi connectivity index (χ0v) is 10.7. The molecular weight excluding hydrogens is 243 g/mol. The monoisotopic (exact) mass is 258 g/mol. The van der Waals surface area contributed by atoms with E-state index in [4.69, 9.17) is 5.26 Å². The van der Waals surface area contributed by atoms with E-state index >= 15 is 0 Å². The number of hydrogen-bond acceptors (Lipinski definition) is 3. The molecule has 1 aromatic heterocycles. The van der Waals surface area contributed by atoms with Gasteiger partial charge in [0.05, 0.1) is 11.9 Å². The summed E-state index contributed by atoms with van der Waals surface area (Å²) in [6, 6.07) is 6.69. The lowest BCUT2D eigenvalue weighted by molar-refractivity contribution is 0.476. The molecule has 0 radical (unpaired) electrons. The average Bonchev–Trinajstić information content (AvgIpc) is 2.90. The number of aromatic nitrogens is 2. The van der Waals surface area contributed by atoms with Gasteiger partial charge in [0.15, 0.2) is 0 Å². The Hall–Kier alpha value is -2.19. The number of nitriles is 1. The molecule has 0 spiro atoms. The standard InChI is InChI=1S/C14H15FN4/c1-11(9-19-5-4-17-10-19)18-8-12-2-3-14(15)13(6-12)7-16/h2-6,10-11,18H,8-9H2,1H3. The van der Waals surface area contributed by atoms with E-state index in [1.165, 1.54) is 6.07 Å². The molecule has 0 saturated heterocycles. The van der Waals surface area contributed by atoms with Crippen molar-refractivity contribution in [3.05, 3.63) is 53.9 Å². The number of nitrogens with one attached hydrogen (secondary N) is 1. The SMILES string of the molecule is CC(Cn1ccnc1)NCc1ccc(F)c(C#N)c1. The Morgan fingerprint density at radius 1 is 1.53 bits per heavy atom. The summed E-state index contributed by atoms with van der Waals surface area (Å²) in [5, 5.41) is 12.1. The Labute approximate surface area is 111 Å². The largest absolute Gasteiger partial charge is 0.336 e. The number of rotatable bonds is 5. The summed E-state index contributed by atoms with van der Waals surface area (Å²) in [7, 11) is 0. The van der Waals surface area contributed by atoms with Gasteiger partial charge in [0.2, 0.25) is 0 Å². The van der Waals surface area contributed by atoms with Gasteiger partial charge in [-0.05, 0) is 24.6 Å². The first-order valence-electron chi connectivity index (χ1n) is 6.06. The fourth-order valence-electron chi connectivity index (χ4n) is 1.84. The highest BCUT2D eigenvalue weighted by Gasteiger charge is 2.05. The van der Waals surface area contributed by atoms with Crippen LogP contribution >= 0.6 is 0 Å². The predicted molar refractivity (Wildman–Crippen MR) is 69.6 cm³/mol. The van der Waals surface area contributed by atoms with E-state index < -0.39 is 5.82 Å². The predicted octanol–water partition coefficient (Wildman–Crippen LogP) is 2.07.